The standard InChI is InChI=1S/C19H16N2O3/c22-21(23)15-8-6-14(7-9-15)20-19-12-10-17-16-4-2-1-3-13(16)5-11-18(17)24-19/h1-9,11,19-20H,10,12H2. The Labute approximate surface area is 139 Å². The van der Waals surface area contributed by atoms with E-state index in [2.05, 4.69) is 23.5 Å². The third kappa shape index (κ3) is 2.65. The van der Waals surface area contributed by atoms with Crippen LogP contribution in [-0.2, 0) is 6.42 Å². The lowest BCUT2D eigenvalue weighted by Gasteiger charge is -2.28. The molecule has 5 heteroatoms. The van der Waals surface area contributed by atoms with Gasteiger partial charge in [-0.05, 0) is 35.4 Å². The zero-order valence-electron chi connectivity index (χ0n) is 12.9. The first-order chi connectivity index (χ1) is 11.7. The van der Waals surface area contributed by atoms with Gasteiger partial charge in [0.2, 0.25) is 0 Å². The summed E-state index contributed by atoms with van der Waals surface area (Å²) >= 11 is 0. The molecule has 0 spiro atoms. The highest BCUT2D eigenvalue weighted by Crippen LogP contribution is 2.34. The van der Waals surface area contributed by atoms with E-state index in [0.717, 1.165) is 24.3 Å². The number of nitro benzene ring substituents is 1. The number of fused-ring (bicyclic) bond motifs is 3. The Morgan fingerprint density at radius 3 is 2.62 bits per heavy atom. The summed E-state index contributed by atoms with van der Waals surface area (Å²) < 4.78 is 6.08. The predicted octanol–water partition coefficient (Wildman–Crippen LogP) is 4.51. The zero-order chi connectivity index (χ0) is 16.5. The maximum absolute atomic E-state index is 10.7. The van der Waals surface area contributed by atoms with Gasteiger partial charge in [0.15, 0.2) is 6.23 Å². The average molecular weight is 320 g/mol. The first kappa shape index (κ1) is 14.5. The van der Waals surface area contributed by atoms with Crippen molar-refractivity contribution in [3.63, 3.8) is 0 Å². The summed E-state index contributed by atoms with van der Waals surface area (Å²) in [4.78, 5) is 10.3. The molecule has 24 heavy (non-hydrogen) atoms. The number of rotatable bonds is 3. The van der Waals surface area contributed by atoms with Crippen LogP contribution in [0.4, 0.5) is 11.4 Å². The van der Waals surface area contributed by atoms with Crippen molar-refractivity contribution in [2.75, 3.05) is 5.32 Å². The number of nitrogens with one attached hydrogen (secondary N) is 1. The number of nitrogens with zero attached hydrogens (tertiary/aromatic N) is 1. The van der Waals surface area contributed by atoms with Crippen molar-refractivity contribution in [1.82, 2.24) is 0 Å². The summed E-state index contributed by atoms with van der Waals surface area (Å²) in [6, 6.07) is 18.8. The van der Waals surface area contributed by atoms with Crippen molar-refractivity contribution in [2.24, 2.45) is 0 Å². The molecule has 4 rings (SSSR count). The van der Waals surface area contributed by atoms with Gasteiger partial charge in [-0.15, -0.1) is 0 Å². The molecule has 1 atom stereocenters. The lowest BCUT2D eigenvalue weighted by molar-refractivity contribution is -0.384. The number of hydrogen-bond acceptors (Lipinski definition) is 4. The van der Waals surface area contributed by atoms with E-state index in [-0.39, 0.29) is 11.9 Å². The summed E-state index contributed by atoms with van der Waals surface area (Å²) in [7, 11) is 0. The minimum absolute atomic E-state index is 0.0851. The number of hydrogen-bond donors (Lipinski definition) is 1. The lowest BCUT2D eigenvalue weighted by Crippen LogP contribution is -2.30. The quantitative estimate of drug-likeness (QED) is 0.569. The topological polar surface area (TPSA) is 64.4 Å². The molecule has 0 bridgehead atoms. The van der Waals surface area contributed by atoms with Crippen LogP contribution in [0.1, 0.15) is 12.0 Å². The van der Waals surface area contributed by atoms with Crippen LogP contribution in [-0.4, -0.2) is 11.2 Å². The van der Waals surface area contributed by atoms with Crippen LogP contribution in [0.2, 0.25) is 0 Å². The Bertz CT molecular complexity index is 906. The largest absolute Gasteiger partial charge is 0.470 e. The van der Waals surface area contributed by atoms with E-state index in [1.807, 2.05) is 18.2 Å². The minimum atomic E-state index is -0.401. The van der Waals surface area contributed by atoms with Gasteiger partial charge in [-0.2, -0.15) is 0 Å². The van der Waals surface area contributed by atoms with E-state index >= 15 is 0 Å². The molecule has 3 aromatic rings. The van der Waals surface area contributed by atoms with Crippen LogP contribution in [0.5, 0.6) is 5.75 Å². The number of aryl methyl sites for hydroxylation is 1. The number of benzene rings is 3. The highest BCUT2D eigenvalue weighted by atomic mass is 16.6. The number of anilines is 1. The molecule has 1 N–H and O–H groups in total. The van der Waals surface area contributed by atoms with Gasteiger partial charge in [0.05, 0.1) is 4.92 Å². The molecule has 5 nitrogen and oxygen atoms in total. The summed E-state index contributed by atoms with van der Waals surface area (Å²) in [5.41, 5.74) is 2.15. The van der Waals surface area contributed by atoms with Gasteiger partial charge in [-0.25, -0.2) is 0 Å². The van der Waals surface area contributed by atoms with Gasteiger partial charge in [0, 0.05) is 29.8 Å². The Hall–Kier alpha value is -3.08. The molecular formula is C19H16N2O3. The fourth-order valence-corrected chi connectivity index (χ4v) is 3.14. The highest BCUT2D eigenvalue weighted by molar-refractivity contribution is 5.88. The molecule has 120 valence electrons. The fraction of sp³-hybridized carbons (Fsp3) is 0.158. The van der Waals surface area contributed by atoms with Crippen molar-refractivity contribution < 1.29 is 9.66 Å². The first-order valence-corrected chi connectivity index (χ1v) is 7.89. The van der Waals surface area contributed by atoms with Crippen molar-refractivity contribution >= 4 is 22.1 Å². The van der Waals surface area contributed by atoms with E-state index in [9.17, 15) is 10.1 Å². The van der Waals surface area contributed by atoms with Crippen LogP contribution < -0.4 is 10.1 Å². The van der Waals surface area contributed by atoms with Gasteiger partial charge >= 0.3 is 0 Å². The summed E-state index contributed by atoms with van der Waals surface area (Å²) in [5, 5.41) is 16.5. The van der Waals surface area contributed by atoms with E-state index in [0.29, 0.717) is 0 Å². The molecule has 0 saturated heterocycles. The van der Waals surface area contributed by atoms with Gasteiger partial charge < -0.3 is 10.1 Å². The molecule has 0 aliphatic carbocycles. The summed E-state index contributed by atoms with van der Waals surface area (Å²) in [6.45, 7) is 0. The van der Waals surface area contributed by atoms with Crippen LogP contribution in [0, 0.1) is 10.1 Å². The molecule has 0 amide bonds. The second-order valence-electron chi connectivity index (χ2n) is 5.86. The lowest BCUT2D eigenvalue weighted by atomic mass is 9.97. The molecule has 0 saturated carbocycles. The predicted molar refractivity (Wildman–Crippen MR) is 93.4 cm³/mol. The molecule has 0 radical (unpaired) electrons. The smallest absolute Gasteiger partial charge is 0.269 e. The minimum Gasteiger partial charge on any atom is -0.470 e. The molecule has 1 aliphatic rings. The van der Waals surface area contributed by atoms with Gasteiger partial charge in [0.1, 0.15) is 5.75 Å². The Morgan fingerprint density at radius 2 is 1.83 bits per heavy atom. The van der Waals surface area contributed by atoms with Crippen LogP contribution in [0.15, 0.2) is 60.7 Å². The third-order valence-electron chi connectivity index (χ3n) is 4.33. The number of non-ortho nitro benzene ring substituents is 1. The number of ether oxygens (including phenoxy) is 1. The first-order valence-electron chi connectivity index (χ1n) is 7.89. The van der Waals surface area contributed by atoms with E-state index < -0.39 is 4.92 Å². The fourth-order valence-electron chi connectivity index (χ4n) is 3.14. The Kier molecular flexibility index (Phi) is 3.54. The van der Waals surface area contributed by atoms with Crippen LogP contribution >= 0.6 is 0 Å². The highest BCUT2D eigenvalue weighted by Gasteiger charge is 2.21. The van der Waals surface area contributed by atoms with Gasteiger partial charge in [0.25, 0.3) is 5.69 Å². The molecule has 1 aliphatic heterocycles. The molecule has 3 aromatic carbocycles. The van der Waals surface area contributed by atoms with Crippen molar-refractivity contribution in [3.05, 3.63) is 76.3 Å². The maximum Gasteiger partial charge on any atom is 0.269 e. The van der Waals surface area contributed by atoms with Gasteiger partial charge in [-0.3, -0.25) is 10.1 Å². The van der Waals surface area contributed by atoms with Crippen molar-refractivity contribution in [1.29, 1.82) is 0 Å². The summed E-state index contributed by atoms with van der Waals surface area (Å²) in [5.74, 6) is 0.902. The van der Waals surface area contributed by atoms with Gasteiger partial charge in [-0.1, -0.05) is 30.3 Å². The molecule has 1 heterocycles. The summed E-state index contributed by atoms with van der Waals surface area (Å²) in [6.07, 6.45) is 1.64. The molecule has 1 unspecified atom stereocenters. The normalized spacial score (nSPS) is 16.2. The van der Waals surface area contributed by atoms with E-state index in [1.54, 1.807) is 12.1 Å². The molecular weight excluding hydrogens is 304 g/mol. The average Bonchev–Trinajstić information content (AvgIpc) is 2.62. The van der Waals surface area contributed by atoms with Crippen molar-refractivity contribution in [2.45, 2.75) is 19.1 Å². The molecule has 0 fully saturated rings. The molecule has 0 aromatic heterocycles. The Balaban J connectivity index is 1.54. The zero-order valence-corrected chi connectivity index (χ0v) is 12.9. The van der Waals surface area contributed by atoms with Crippen LogP contribution in [0.25, 0.3) is 10.8 Å². The van der Waals surface area contributed by atoms with Crippen molar-refractivity contribution in [3.8, 4) is 5.75 Å². The van der Waals surface area contributed by atoms with E-state index in [1.165, 1.54) is 28.5 Å². The monoisotopic (exact) mass is 320 g/mol. The van der Waals surface area contributed by atoms with Crippen LogP contribution in [0.3, 0.4) is 0 Å². The second kappa shape index (κ2) is 5.85. The maximum atomic E-state index is 10.7. The SMILES string of the molecule is O=[N+]([O-])c1ccc(NC2CCc3c(ccc4ccccc34)O2)cc1. The third-order valence-corrected chi connectivity index (χ3v) is 4.33. The second-order valence-corrected chi connectivity index (χ2v) is 5.86. The number of nitro groups is 1. The Morgan fingerprint density at radius 1 is 1.04 bits per heavy atom. The van der Waals surface area contributed by atoms with E-state index in [4.69, 9.17) is 4.74 Å².